The van der Waals surface area contributed by atoms with Crippen LogP contribution in [0.15, 0.2) is 259 Å². The molecule has 10 aromatic carbocycles. The average molecular weight is 908 g/mol. The van der Waals surface area contributed by atoms with Gasteiger partial charge in [0.25, 0.3) is 0 Å². The number of anilines is 2. The number of hydrogen-bond acceptors (Lipinski definition) is 2. The number of fused-ring (bicyclic) bond motifs is 15. The third-order valence-corrected chi connectivity index (χ3v) is 15.6. The van der Waals surface area contributed by atoms with E-state index in [-0.39, 0.29) is 6.04 Å². The molecular weight excluding hydrogens is 859 g/mol. The van der Waals surface area contributed by atoms with E-state index in [9.17, 15) is 0 Å². The van der Waals surface area contributed by atoms with Crippen LogP contribution in [0.25, 0.3) is 82.4 Å². The molecule has 336 valence electrons. The Labute approximate surface area is 414 Å². The van der Waals surface area contributed by atoms with Crippen LogP contribution >= 0.6 is 0 Å². The Hall–Kier alpha value is -8.72. The van der Waals surface area contributed by atoms with Crippen molar-refractivity contribution in [3.8, 4) is 33.4 Å². The molecule has 0 fully saturated rings. The van der Waals surface area contributed by atoms with Gasteiger partial charge in [0.2, 0.25) is 0 Å². The highest BCUT2D eigenvalue weighted by atomic mass is 16.3. The van der Waals surface area contributed by atoms with Crippen molar-refractivity contribution in [2.75, 3.05) is 4.90 Å². The molecule has 3 aliphatic rings. The van der Waals surface area contributed by atoms with Crippen molar-refractivity contribution in [3.05, 3.63) is 282 Å². The lowest BCUT2D eigenvalue weighted by Gasteiger charge is -2.36. The topological polar surface area (TPSA) is 16.4 Å². The van der Waals surface area contributed by atoms with E-state index < -0.39 is 5.41 Å². The number of para-hydroxylation sites is 1. The van der Waals surface area contributed by atoms with Gasteiger partial charge in [-0.3, -0.25) is 0 Å². The Morgan fingerprint density at radius 3 is 1.90 bits per heavy atom. The van der Waals surface area contributed by atoms with Crippen molar-refractivity contribution in [3.63, 3.8) is 0 Å². The van der Waals surface area contributed by atoms with Crippen LogP contribution < -0.4 is 4.90 Å². The minimum Gasteiger partial charge on any atom is -0.456 e. The van der Waals surface area contributed by atoms with Crippen molar-refractivity contribution < 1.29 is 4.42 Å². The Bertz CT molecular complexity index is 4050. The molecule has 14 rings (SSSR count). The maximum atomic E-state index is 6.54. The molecule has 1 aromatic heterocycles. The van der Waals surface area contributed by atoms with Gasteiger partial charge >= 0.3 is 0 Å². The van der Waals surface area contributed by atoms with Crippen LogP contribution in [-0.2, 0) is 5.41 Å². The molecule has 1 unspecified atom stereocenters. The number of rotatable bonds is 8. The van der Waals surface area contributed by atoms with E-state index in [0.29, 0.717) is 0 Å². The quantitative estimate of drug-likeness (QED) is 0.141. The molecule has 2 heteroatoms. The standard InChI is InChI=1S/C69H49NO/c1-2-17-46(53-27-15-21-47-18-5-6-22-52(47)53)37-34-45-35-39-51(40-36-45)70(64-32-14-10-23-54(64)50-38-41-66-58(43-50)59-42-48-19-3-4-20-49(48)44-67(59)71-66)65-33-16-31-63-68(65)57-26-9-13-30-62(57)69(63)60-28-11-7-24-55(60)56-25-8-12-29-61(56)69/h2-33,35-39,41-44,51H,34,40H2,1H3/b17-2-,46-37+. The molecule has 1 spiro atoms. The maximum Gasteiger partial charge on any atom is 0.136 e. The largest absolute Gasteiger partial charge is 0.456 e. The first-order valence-corrected chi connectivity index (χ1v) is 25.0. The Morgan fingerprint density at radius 2 is 1.14 bits per heavy atom. The van der Waals surface area contributed by atoms with E-state index in [2.05, 4.69) is 261 Å². The summed E-state index contributed by atoms with van der Waals surface area (Å²) in [4.78, 5) is 2.66. The summed E-state index contributed by atoms with van der Waals surface area (Å²) in [5.41, 5.74) is 20.5. The molecule has 71 heavy (non-hydrogen) atoms. The van der Waals surface area contributed by atoms with Gasteiger partial charge in [-0.2, -0.15) is 0 Å². The average Bonchev–Trinajstić information content (AvgIpc) is 4.08. The highest BCUT2D eigenvalue weighted by Crippen LogP contribution is 2.64. The first-order valence-electron chi connectivity index (χ1n) is 25.0. The van der Waals surface area contributed by atoms with Gasteiger partial charge < -0.3 is 9.32 Å². The van der Waals surface area contributed by atoms with Gasteiger partial charge in [0.05, 0.1) is 11.5 Å². The molecule has 0 N–H and O–H groups in total. The lowest BCUT2D eigenvalue weighted by molar-refractivity contribution is 0.669. The molecule has 0 radical (unpaired) electrons. The minimum absolute atomic E-state index is 0.0279. The van der Waals surface area contributed by atoms with Crippen LogP contribution in [0, 0.1) is 0 Å². The van der Waals surface area contributed by atoms with Crippen LogP contribution in [0.2, 0.25) is 0 Å². The third-order valence-electron chi connectivity index (χ3n) is 15.6. The monoisotopic (exact) mass is 907 g/mol. The molecule has 2 nitrogen and oxygen atoms in total. The highest BCUT2D eigenvalue weighted by Gasteiger charge is 2.52. The SMILES string of the molecule is C/C=C\C(=C/CC1=CCC(N(c2ccccc2-c2ccc3oc4cc5ccccc5cc4c3c2)c2cccc3c2-c2ccccc2C32c3ccccc3-c3ccccc32)C=C1)c1cccc2ccccc12. The smallest absolute Gasteiger partial charge is 0.136 e. The number of nitrogens with zero attached hydrogens (tertiary/aromatic N) is 1. The van der Waals surface area contributed by atoms with Crippen molar-refractivity contribution in [1.29, 1.82) is 0 Å². The number of allylic oxidation sites excluding steroid dienone is 6. The van der Waals surface area contributed by atoms with Crippen molar-refractivity contribution in [2.45, 2.75) is 31.2 Å². The fraction of sp³-hybridized carbons (Fsp3) is 0.0725. The number of hydrogen-bond donors (Lipinski definition) is 0. The third kappa shape index (κ3) is 6.34. The molecule has 11 aromatic rings. The summed E-state index contributed by atoms with van der Waals surface area (Å²) >= 11 is 0. The van der Waals surface area contributed by atoms with E-state index in [0.717, 1.165) is 40.3 Å². The van der Waals surface area contributed by atoms with Crippen LogP contribution in [0.1, 0.15) is 47.6 Å². The van der Waals surface area contributed by atoms with Crippen LogP contribution in [0.3, 0.4) is 0 Å². The summed E-state index contributed by atoms with van der Waals surface area (Å²) in [5, 5.41) is 7.18. The summed E-state index contributed by atoms with van der Waals surface area (Å²) in [6, 6.07) is 78.6. The lowest BCUT2D eigenvalue weighted by atomic mass is 9.70. The molecule has 1 heterocycles. The number of furan rings is 1. The molecule has 0 aliphatic heterocycles. The fourth-order valence-corrected chi connectivity index (χ4v) is 12.5. The van der Waals surface area contributed by atoms with Gasteiger partial charge in [0, 0.05) is 33.3 Å². The van der Waals surface area contributed by atoms with Gasteiger partial charge in [0.1, 0.15) is 11.2 Å². The van der Waals surface area contributed by atoms with Crippen LogP contribution in [0.4, 0.5) is 11.4 Å². The maximum absolute atomic E-state index is 6.54. The van der Waals surface area contributed by atoms with Gasteiger partial charge in [-0.1, -0.05) is 212 Å². The normalized spacial score (nSPS) is 15.4. The predicted molar refractivity (Wildman–Crippen MR) is 299 cm³/mol. The van der Waals surface area contributed by atoms with E-state index in [1.165, 1.54) is 99.7 Å². The second-order valence-corrected chi connectivity index (χ2v) is 19.3. The predicted octanol–water partition coefficient (Wildman–Crippen LogP) is 18.3. The Balaban J connectivity index is 0.937. The zero-order valence-electron chi connectivity index (χ0n) is 39.5. The summed E-state index contributed by atoms with van der Waals surface area (Å²) in [6.07, 6.45) is 15.8. The minimum atomic E-state index is -0.450. The second-order valence-electron chi connectivity index (χ2n) is 19.3. The molecule has 1 atom stereocenters. The van der Waals surface area contributed by atoms with E-state index >= 15 is 0 Å². The first-order chi connectivity index (χ1) is 35.2. The van der Waals surface area contributed by atoms with Crippen LogP contribution in [-0.4, -0.2) is 6.04 Å². The first kappa shape index (κ1) is 41.3. The Morgan fingerprint density at radius 1 is 0.535 bits per heavy atom. The second kappa shape index (κ2) is 16.5. The molecule has 0 saturated carbocycles. The summed E-state index contributed by atoms with van der Waals surface area (Å²) in [5.74, 6) is 0. The van der Waals surface area contributed by atoms with E-state index in [1.54, 1.807) is 0 Å². The lowest BCUT2D eigenvalue weighted by Crippen LogP contribution is -2.31. The molecular formula is C69H49NO. The molecule has 0 amide bonds. The van der Waals surface area contributed by atoms with Crippen molar-refractivity contribution >= 4 is 60.4 Å². The summed E-state index contributed by atoms with van der Waals surface area (Å²) in [7, 11) is 0. The van der Waals surface area contributed by atoms with Gasteiger partial charge in [-0.25, -0.2) is 0 Å². The highest BCUT2D eigenvalue weighted by molar-refractivity contribution is 6.11. The van der Waals surface area contributed by atoms with E-state index in [1.807, 2.05) is 0 Å². The fourth-order valence-electron chi connectivity index (χ4n) is 12.5. The van der Waals surface area contributed by atoms with Crippen molar-refractivity contribution in [1.82, 2.24) is 0 Å². The number of benzene rings is 10. The van der Waals surface area contributed by atoms with Gasteiger partial charge in [0.15, 0.2) is 0 Å². The van der Waals surface area contributed by atoms with Gasteiger partial charge in [-0.15, -0.1) is 0 Å². The van der Waals surface area contributed by atoms with Gasteiger partial charge in [-0.05, 0) is 139 Å². The Kier molecular flexibility index (Phi) is 9.57. The van der Waals surface area contributed by atoms with E-state index in [4.69, 9.17) is 4.42 Å². The molecule has 0 saturated heterocycles. The summed E-state index contributed by atoms with van der Waals surface area (Å²) < 4.78 is 6.54. The zero-order chi connectivity index (χ0) is 47.0. The van der Waals surface area contributed by atoms with Crippen LogP contribution in [0.5, 0.6) is 0 Å². The zero-order valence-corrected chi connectivity index (χ0v) is 39.5. The molecule has 0 bridgehead atoms. The van der Waals surface area contributed by atoms with Crippen molar-refractivity contribution in [2.24, 2.45) is 0 Å². The molecule has 3 aliphatic carbocycles. The summed E-state index contributed by atoms with van der Waals surface area (Å²) in [6.45, 7) is 2.11.